The Morgan fingerprint density at radius 2 is 1.11 bits per heavy atom. The Balaban J connectivity index is 0.000000145. The topological polar surface area (TPSA) is 218 Å². The Morgan fingerprint density at radius 1 is 0.589 bits per heavy atom. The molecule has 0 aliphatic carbocycles. The average molecular weight is 981 g/mol. The number of nitrogens with one attached hydrogen (secondary N) is 3. The molecule has 8 aromatic heterocycles. The highest BCUT2D eigenvalue weighted by Crippen LogP contribution is 2.36. The van der Waals surface area contributed by atoms with Crippen LogP contribution in [0.2, 0.25) is 0 Å². The van der Waals surface area contributed by atoms with Gasteiger partial charge in [-0.25, -0.2) is 29.9 Å². The number of H-pyrrole nitrogens is 2. The first-order valence-corrected chi connectivity index (χ1v) is 24.6. The van der Waals surface area contributed by atoms with Crippen LogP contribution in [-0.2, 0) is 19.4 Å². The molecule has 6 saturated heterocycles. The highest BCUT2D eigenvalue weighted by molar-refractivity contribution is 5.74. The quantitative estimate of drug-likeness (QED) is 0.109. The van der Waals surface area contributed by atoms with E-state index >= 15 is 0 Å². The lowest BCUT2D eigenvalue weighted by Gasteiger charge is -2.56. The molecule has 8 aromatic rings. The van der Waals surface area contributed by atoms with Crippen LogP contribution in [0.4, 0.5) is 11.6 Å². The first-order chi connectivity index (χ1) is 35.5. The second-order valence-corrected chi connectivity index (χ2v) is 19.2. The predicted molar refractivity (Wildman–Crippen MR) is 277 cm³/mol. The van der Waals surface area contributed by atoms with Crippen LogP contribution in [0.1, 0.15) is 74.3 Å². The molecule has 0 aromatic carbocycles. The van der Waals surface area contributed by atoms with E-state index in [1.807, 2.05) is 70.6 Å². The predicted octanol–water partition coefficient (Wildman–Crippen LogP) is 6.26. The Hall–Kier alpha value is -8.03. The lowest BCUT2D eigenvalue weighted by Crippen LogP contribution is -2.68. The van der Waals surface area contributed by atoms with Crippen LogP contribution in [0.15, 0.2) is 97.8 Å². The highest BCUT2D eigenvalue weighted by Gasteiger charge is 2.44. The minimum Gasteiger partial charge on any atom is -0.495 e. The number of pyridine rings is 4. The standard InChI is InChI=1S/C27H30N8O.C20H23N7.C7H7NO2/c1-17-6-21(9-22-7-18(2)32-33-22)31-27(30-17)20-4-5-26(29-12-20)34-15-23-10-24(16-34)35(23)14-19-8-25(36-3)13-28-11-19;1-12-5-15(7-16-6-13(2)25-26-16)24-20(22-12)14-3-4-19(21-9-14)27-10-17-8-18(11-27)23-17;1-10-7-2-6(5-9)3-8-4-7/h4-8,11-13,23-24H,9-10,14-16H2,1-3H3,(H,32,33);3-6,9,17-18,23H,7-8,10-11H2,1-2H3,(H,25,26);2-5H,1H3. The van der Waals surface area contributed by atoms with Crippen molar-refractivity contribution in [1.29, 1.82) is 0 Å². The maximum Gasteiger partial charge on any atom is 0.161 e. The third kappa shape index (κ3) is 11.9. The zero-order chi connectivity index (χ0) is 50.4. The molecule has 19 nitrogen and oxygen atoms in total. The van der Waals surface area contributed by atoms with Crippen molar-refractivity contribution >= 4 is 17.9 Å². The van der Waals surface area contributed by atoms with Gasteiger partial charge in [0, 0.05) is 134 Å². The summed E-state index contributed by atoms with van der Waals surface area (Å²) in [5.74, 6) is 4.89. The average Bonchev–Trinajstić information content (AvgIpc) is 4.03. The summed E-state index contributed by atoms with van der Waals surface area (Å²) in [5.41, 5.74) is 11.5. The van der Waals surface area contributed by atoms with Gasteiger partial charge < -0.3 is 24.6 Å². The number of nitrogens with zero attached hydrogens (tertiary/aromatic N) is 13. The van der Waals surface area contributed by atoms with E-state index in [0.29, 0.717) is 54.1 Å². The van der Waals surface area contributed by atoms with Crippen molar-refractivity contribution in [3.8, 4) is 34.3 Å². The maximum absolute atomic E-state index is 10.2. The van der Waals surface area contributed by atoms with E-state index in [9.17, 15) is 4.79 Å². The molecule has 0 spiro atoms. The number of carbonyl (C=O) groups is 1. The number of rotatable bonds is 13. The smallest absolute Gasteiger partial charge is 0.161 e. The molecule has 14 rings (SSSR count). The van der Waals surface area contributed by atoms with Crippen molar-refractivity contribution < 1.29 is 14.3 Å². The molecular weight excluding hydrogens is 921 g/mol. The number of hydrogen-bond donors (Lipinski definition) is 3. The number of aldehydes is 1. The summed E-state index contributed by atoms with van der Waals surface area (Å²) in [7, 11) is 3.22. The zero-order valence-electron chi connectivity index (χ0n) is 42.0. The van der Waals surface area contributed by atoms with Gasteiger partial charge in [-0.3, -0.25) is 29.9 Å². The molecule has 0 radical (unpaired) electrons. The van der Waals surface area contributed by atoms with Gasteiger partial charge in [0.1, 0.15) is 23.1 Å². The van der Waals surface area contributed by atoms with Gasteiger partial charge in [0.15, 0.2) is 17.9 Å². The van der Waals surface area contributed by atoms with Crippen LogP contribution in [0.25, 0.3) is 22.8 Å². The van der Waals surface area contributed by atoms with Crippen LogP contribution in [0.3, 0.4) is 0 Å². The molecule has 0 amide bonds. The van der Waals surface area contributed by atoms with Crippen molar-refractivity contribution in [1.82, 2.24) is 70.5 Å². The number of anilines is 2. The molecule has 3 N–H and O–H groups in total. The molecule has 6 aliphatic heterocycles. The van der Waals surface area contributed by atoms with E-state index in [1.165, 1.54) is 31.7 Å². The molecule has 4 bridgehead atoms. The van der Waals surface area contributed by atoms with Crippen molar-refractivity contribution in [2.45, 2.75) is 84.1 Å². The summed E-state index contributed by atoms with van der Waals surface area (Å²) in [5, 5.41) is 18.2. The van der Waals surface area contributed by atoms with Gasteiger partial charge in [0.2, 0.25) is 0 Å². The third-order valence-corrected chi connectivity index (χ3v) is 13.5. The van der Waals surface area contributed by atoms with Gasteiger partial charge in [-0.05, 0) is 107 Å². The molecule has 73 heavy (non-hydrogen) atoms. The normalized spacial score (nSPS) is 18.5. The largest absolute Gasteiger partial charge is 0.495 e. The van der Waals surface area contributed by atoms with Gasteiger partial charge >= 0.3 is 0 Å². The Kier molecular flexibility index (Phi) is 14.5. The van der Waals surface area contributed by atoms with Crippen molar-refractivity contribution in [3.63, 3.8) is 0 Å². The van der Waals surface area contributed by atoms with E-state index in [4.69, 9.17) is 24.4 Å². The molecule has 6 aliphatic rings. The Labute approximate surface area is 424 Å². The monoisotopic (exact) mass is 981 g/mol. The van der Waals surface area contributed by atoms with Crippen LogP contribution in [0.5, 0.6) is 11.5 Å². The number of fused-ring (bicyclic) bond motifs is 4. The Morgan fingerprint density at radius 3 is 1.59 bits per heavy atom. The maximum atomic E-state index is 10.2. The SMILES string of the molecule is COc1cncc(C=O)c1.COc1cncc(CN2C3CC2CN(c2ccc(-c4nc(C)cc(Cc5cc(C)[nH]n5)n4)cn2)C3)c1.Cc1cc(Cc2cc(C)[nH]n2)nc(-c2ccc(N3CC4CC(C3)N4)nc2)n1. The van der Waals surface area contributed by atoms with Crippen molar-refractivity contribution in [2.75, 3.05) is 50.2 Å². The molecule has 4 unspecified atom stereocenters. The summed E-state index contributed by atoms with van der Waals surface area (Å²) in [6.45, 7) is 12.9. The van der Waals surface area contributed by atoms with E-state index in [-0.39, 0.29) is 0 Å². The minimum absolute atomic E-state index is 0.527. The Bertz CT molecular complexity index is 3130. The van der Waals surface area contributed by atoms with E-state index in [2.05, 4.69) is 95.7 Å². The summed E-state index contributed by atoms with van der Waals surface area (Å²) < 4.78 is 10.2. The highest BCUT2D eigenvalue weighted by atomic mass is 16.5. The van der Waals surface area contributed by atoms with Crippen LogP contribution in [0, 0.1) is 27.7 Å². The van der Waals surface area contributed by atoms with Crippen LogP contribution < -0.4 is 24.6 Å². The lowest BCUT2D eigenvalue weighted by atomic mass is 9.87. The van der Waals surface area contributed by atoms with Gasteiger partial charge in [0.05, 0.1) is 49.4 Å². The lowest BCUT2D eigenvalue weighted by molar-refractivity contribution is -0.00879. The van der Waals surface area contributed by atoms with E-state index in [1.54, 1.807) is 25.6 Å². The van der Waals surface area contributed by atoms with Crippen LogP contribution >= 0.6 is 0 Å². The fourth-order valence-corrected chi connectivity index (χ4v) is 9.94. The number of ether oxygens (including phenoxy) is 2. The van der Waals surface area contributed by atoms with Gasteiger partial charge in [-0.15, -0.1) is 0 Å². The second-order valence-electron chi connectivity index (χ2n) is 19.2. The first kappa shape index (κ1) is 48.6. The number of aromatic nitrogens is 12. The molecule has 6 fully saturated rings. The molecule has 374 valence electrons. The van der Waals surface area contributed by atoms with Gasteiger partial charge in [-0.2, -0.15) is 10.2 Å². The molecule has 14 heterocycles. The van der Waals surface area contributed by atoms with Crippen LogP contribution in [-0.4, -0.2) is 136 Å². The molecule has 4 atom stereocenters. The second kappa shape index (κ2) is 21.8. The number of methoxy groups -OCH3 is 2. The number of piperidine rings is 2. The fraction of sp³-hybridized carbons (Fsp3) is 0.352. The van der Waals surface area contributed by atoms with E-state index in [0.717, 1.165) is 119 Å². The molecule has 0 saturated carbocycles. The number of hydrogen-bond acceptors (Lipinski definition) is 17. The number of aromatic amines is 2. The van der Waals surface area contributed by atoms with Gasteiger partial charge in [0.25, 0.3) is 0 Å². The molecule has 19 heteroatoms. The third-order valence-electron chi connectivity index (χ3n) is 13.5. The van der Waals surface area contributed by atoms with Gasteiger partial charge in [-0.1, -0.05) is 0 Å². The number of piperazine rings is 2. The first-order valence-electron chi connectivity index (χ1n) is 24.6. The zero-order valence-corrected chi connectivity index (χ0v) is 42.0. The van der Waals surface area contributed by atoms with Crippen molar-refractivity contribution in [2.24, 2.45) is 0 Å². The summed E-state index contributed by atoms with van der Waals surface area (Å²) in [6.07, 6.45) is 15.1. The molecular formula is C54H60N16O3. The number of aryl methyl sites for hydroxylation is 4. The number of carbonyl (C=O) groups excluding carboxylic acids is 1. The van der Waals surface area contributed by atoms with Crippen molar-refractivity contribution in [3.05, 3.63) is 155 Å². The minimum atomic E-state index is 0.527. The summed E-state index contributed by atoms with van der Waals surface area (Å²) >= 11 is 0. The summed E-state index contributed by atoms with van der Waals surface area (Å²) in [6, 6.07) is 22.5. The summed E-state index contributed by atoms with van der Waals surface area (Å²) in [4.78, 5) is 53.9. The fourth-order valence-electron chi connectivity index (χ4n) is 9.94. The van der Waals surface area contributed by atoms with E-state index < -0.39 is 0 Å².